The molecule has 20 heteroatoms. The molecule has 0 bridgehead atoms. The molecule has 0 spiro atoms. The van der Waals surface area contributed by atoms with Crippen molar-refractivity contribution in [3.05, 3.63) is 58.3 Å². The highest BCUT2D eigenvalue weighted by molar-refractivity contribution is 7.91. The number of carbonyl (C=O) groups is 2. The van der Waals surface area contributed by atoms with Crippen molar-refractivity contribution in [2.75, 3.05) is 25.1 Å². The van der Waals surface area contributed by atoms with Crippen LogP contribution in [0.5, 0.6) is 5.88 Å². The van der Waals surface area contributed by atoms with Crippen molar-refractivity contribution >= 4 is 27.5 Å². The van der Waals surface area contributed by atoms with Crippen molar-refractivity contribution in [1.82, 2.24) is 20.0 Å². The molecule has 0 unspecified atom stereocenters. The molecule has 0 aliphatic carbocycles. The number of rotatable bonds is 14. The van der Waals surface area contributed by atoms with Crippen LogP contribution in [-0.4, -0.2) is 83.0 Å². The largest absolute Gasteiger partial charge is 0.454 e. The van der Waals surface area contributed by atoms with Gasteiger partial charge in [0.2, 0.25) is 18.0 Å². The molecular formula is C25H28F2N6O11S. The van der Waals surface area contributed by atoms with Crippen molar-refractivity contribution in [1.29, 1.82) is 0 Å². The molecule has 2 amide bonds. The molecule has 1 aliphatic heterocycles. The number of aliphatic hydroxyl groups is 2. The van der Waals surface area contributed by atoms with Gasteiger partial charge in [0.05, 0.1) is 23.3 Å². The quantitative estimate of drug-likeness (QED) is 0.124. The Balaban J connectivity index is 1.17. The number of nitrogens with zero attached hydrogens (tertiary/aromatic N) is 4. The van der Waals surface area contributed by atoms with Gasteiger partial charge in [0.15, 0.2) is 6.10 Å². The number of aliphatic hydroxyl groups excluding tert-OH is 2. The van der Waals surface area contributed by atoms with Crippen molar-refractivity contribution in [3.63, 3.8) is 0 Å². The number of carbonyl (C=O) groups excluding carboxylic acids is 2. The van der Waals surface area contributed by atoms with Crippen LogP contribution in [0.1, 0.15) is 31.9 Å². The van der Waals surface area contributed by atoms with Crippen molar-refractivity contribution in [3.8, 4) is 5.88 Å². The van der Waals surface area contributed by atoms with Crippen molar-refractivity contribution in [2.45, 2.75) is 60.0 Å². The Kier molecular flexibility index (Phi) is 10.4. The molecule has 0 radical (unpaired) electrons. The first-order valence-corrected chi connectivity index (χ1v) is 14.8. The molecule has 3 atom stereocenters. The SMILES string of the molecule is O=C(CCC(=O)Nc1ccn([C@@H]2O[C@H](CO)[C@@H](O)C2(F)F)c(=O)n1)NCCCCOc1no[n+]([O-])c1S(=O)(=O)c1ccccc1. The maximum atomic E-state index is 14.3. The number of amides is 2. The average Bonchev–Trinajstić information content (AvgIpc) is 3.49. The van der Waals surface area contributed by atoms with Crippen LogP contribution < -0.4 is 26.0 Å². The fraction of sp³-hybridized carbons (Fsp3) is 0.440. The van der Waals surface area contributed by atoms with E-state index in [1.165, 1.54) is 24.3 Å². The number of nitrogens with one attached hydrogen (secondary N) is 2. The van der Waals surface area contributed by atoms with Gasteiger partial charge < -0.3 is 35.5 Å². The van der Waals surface area contributed by atoms with E-state index in [0.29, 0.717) is 17.4 Å². The summed E-state index contributed by atoms with van der Waals surface area (Å²) in [5, 5.41) is 38.0. The van der Waals surface area contributed by atoms with Crippen LogP contribution in [0.4, 0.5) is 14.6 Å². The number of ether oxygens (including phenoxy) is 2. The van der Waals surface area contributed by atoms with Crippen LogP contribution in [-0.2, 0) is 24.2 Å². The molecule has 1 saturated heterocycles. The predicted molar refractivity (Wildman–Crippen MR) is 143 cm³/mol. The summed E-state index contributed by atoms with van der Waals surface area (Å²) in [6, 6.07) is 8.23. The Hall–Kier alpha value is -4.53. The Labute approximate surface area is 252 Å². The number of sulfone groups is 1. The molecular weight excluding hydrogens is 630 g/mol. The fourth-order valence-electron chi connectivity index (χ4n) is 4.16. The van der Waals surface area contributed by atoms with Crippen LogP contribution >= 0.6 is 0 Å². The summed E-state index contributed by atoms with van der Waals surface area (Å²) in [7, 11) is -4.25. The molecule has 45 heavy (non-hydrogen) atoms. The summed E-state index contributed by atoms with van der Waals surface area (Å²) in [6.45, 7) is -0.774. The van der Waals surface area contributed by atoms with Gasteiger partial charge in [0.1, 0.15) is 11.9 Å². The number of halogens is 2. The summed E-state index contributed by atoms with van der Waals surface area (Å²) in [4.78, 5) is 39.7. The van der Waals surface area contributed by atoms with Gasteiger partial charge >= 0.3 is 22.5 Å². The van der Waals surface area contributed by atoms with Gasteiger partial charge in [-0.05, 0) is 35.9 Å². The first-order chi connectivity index (χ1) is 21.4. The number of unbranched alkanes of at least 4 members (excludes halogenated alkanes) is 1. The molecule has 4 N–H and O–H groups in total. The van der Waals surface area contributed by atoms with E-state index in [1.54, 1.807) is 6.07 Å². The van der Waals surface area contributed by atoms with Gasteiger partial charge in [0.25, 0.3) is 9.84 Å². The van der Waals surface area contributed by atoms with Crippen LogP contribution in [0.15, 0.2) is 61.9 Å². The number of benzene rings is 1. The Morgan fingerprint density at radius 2 is 1.87 bits per heavy atom. The van der Waals surface area contributed by atoms with Crippen LogP contribution in [0, 0.1) is 5.21 Å². The number of hydrogen-bond acceptors (Lipinski definition) is 13. The fourth-order valence-corrected chi connectivity index (χ4v) is 5.46. The number of aromatic nitrogens is 4. The zero-order valence-electron chi connectivity index (χ0n) is 23.2. The van der Waals surface area contributed by atoms with Crippen LogP contribution in [0.3, 0.4) is 0 Å². The van der Waals surface area contributed by atoms with E-state index in [4.69, 9.17) is 14.6 Å². The minimum atomic E-state index is -4.25. The Morgan fingerprint density at radius 1 is 1.16 bits per heavy atom. The molecule has 244 valence electrons. The first kappa shape index (κ1) is 33.4. The molecule has 3 heterocycles. The molecule has 3 aromatic rings. The van der Waals surface area contributed by atoms with Gasteiger partial charge in [-0.25, -0.2) is 13.2 Å². The van der Waals surface area contributed by atoms with Crippen molar-refractivity contribution < 1.29 is 56.0 Å². The molecule has 1 aromatic carbocycles. The van der Waals surface area contributed by atoms with Crippen LogP contribution in [0.25, 0.3) is 0 Å². The zero-order valence-corrected chi connectivity index (χ0v) is 24.1. The van der Waals surface area contributed by atoms with Crippen LogP contribution in [0.2, 0.25) is 0 Å². The van der Waals surface area contributed by atoms with Gasteiger partial charge in [-0.3, -0.25) is 18.8 Å². The minimum Gasteiger partial charge on any atom is -0.454 e. The lowest BCUT2D eigenvalue weighted by atomic mass is 10.1. The second-order valence-electron chi connectivity index (χ2n) is 9.64. The second-order valence-corrected chi connectivity index (χ2v) is 11.5. The number of alkyl halides is 2. The molecule has 17 nitrogen and oxygen atoms in total. The topological polar surface area (TPSA) is 239 Å². The third-order valence-corrected chi connectivity index (χ3v) is 8.20. The van der Waals surface area contributed by atoms with E-state index in [9.17, 15) is 41.9 Å². The van der Waals surface area contributed by atoms with E-state index in [0.717, 1.165) is 12.3 Å². The lowest BCUT2D eigenvalue weighted by Crippen LogP contribution is -2.41. The number of anilines is 1. The monoisotopic (exact) mass is 658 g/mol. The average molecular weight is 659 g/mol. The second kappa shape index (κ2) is 14.1. The van der Waals surface area contributed by atoms with Crippen molar-refractivity contribution in [2.24, 2.45) is 0 Å². The first-order valence-electron chi connectivity index (χ1n) is 13.4. The van der Waals surface area contributed by atoms with E-state index < -0.39 is 69.2 Å². The Bertz CT molecular complexity index is 1670. The normalized spacial score (nSPS) is 19.2. The van der Waals surface area contributed by atoms with Gasteiger partial charge in [0, 0.05) is 25.6 Å². The predicted octanol–water partition coefficient (Wildman–Crippen LogP) is -0.722. The Morgan fingerprint density at radius 3 is 2.53 bits per heavy atom. The maximum Gasteiger partial charge on any atom is 0.414 e. The molecule has 0 saturated carbocycles. The standard InChI is InChI=1S/C25H28F2N6O11S/c26-25(27)20(37)16(14-34)43-23(25)32-12-10-17(30-24(32)38)29-19(36)9-8-18(35)28-11-4-5-13-42-21-22(33(39)44-31-21)45(40,41)15-6-2-1-3-7-15/h1-3,6-7,10,12,16,20,23,34,37H,4-5,8-9,11,13-14H2,(H,28,35)(H,29,30,36,38)/t16-,20-,23-/m1/s1. The summed E-state index contributed by atoms with van der Waals surface area (Å²) in [5.74, 6) is -5.83. The number of hydrogen-bond donors (Lipinski definition) is 4. The van der Waals surface area contributed by atoms with E-state index in [2.05, 4.69) is 25.4 Å². The summed E-state index contributed by atoms with van der Waals surface area (Å²) < 4.78 is 69.1. The highest BCUT2D eigenvalue weighted by Crippen LogP contribution is 2.42. The smallest absolute Gasteiger partial charge is 0.414 e. The van der Waals surface area contributed by atoms with E-state index in [-0.39, 0.29) is 41.6 Å². The van der Waals surface area contributed by atoms with E-state index in [1.807, 2.05) is 0 Å². The summed E-state index contributed by atoms with van der Waals surface area (Å²) in [6.07, 6.45) is -5.10. The summed E-state index contributed by atoms with van der Waals surface area (Å²) >= 11 is 0. The highest BCUT2D eigenvalue weighted by atomic mass is 32.2. The lowest BCUT2D eigenvalue weighted by molar-refractivity contribution is -0.832. The minimum absolute atomic E-state index is 0.0546. The summed E-state index contributed by atoms with van der Waals surface area (Å²) in [5.41, 5.74) is -1.21. The molecule has 2 aromatic heterocycles. The highest BCUT2D eigenvalue weighted by Gasteiger charge is 2.59. The third kappa shape index (κ3) is 7.59. The lowest BCUT2D eigenvalue weighted by Gasteiger charge is -2.21. The molecule has 1 aliphatic rings. The van der Waals surface area contributed by atoms with Gasteiger partial charge in [-0.2, -0.15) is 13.8 Å². The molecule has 1 fully saturated rings. The van der Waals surface area contributed by atoms with Gasteiger partial charge in [-0.15, -0.1) is 0 Å². The molecule has 4 rings (SSSR count). The van der Waals surface area contributed by atoms with E-state index >= 15 is 0 Å². The zero-order chi connectivity index (χ0) is 32.8. The van der Waals surface area contributed by atoms with Gasteiger partial charge in [-0.1, -0.05) is 18.2 Å². The third-order valence-electron chi connectivity index (χ3n) is 6.48. The maximum absolute atomic E-state index is 14.3.